The molecule has 0 amide bonds. The molecule has 0 saturated carbocycles. The van der Waals surface area contributed by atoms with Gasteiger partial charge in [0.15, 0.2) is 0 Å². The Bertz CT molecular complexity index is 246. The first kappa shape index (κ1) is 7.96. The fourth-order valence-electron chi connectivity index (χ4n) is 0.562. The van der Waals surface area contributed by atoms with E-state index in [1.54, 1.807) is 10.9 Å². The largest absolute Gasteiger partial charge is 0.383 e. The molecule has 1 aromatic rings. The fourth-order valence-corrected chi connectivity index (χ4v) is 1.18. The van der Waals surface area contributed by atoms with Gasteiger partial charge < -0.3 is 5.73 Å². The third-order valence-corrected chi connectivity index (χ3v) is 1.80. The van der Waals surface area contributed by atoms with E-state index in [0.29, 0.717) is 12.4 Å². The van der Waals surface area contributed by atoms with Crippen LogP contribution in [0.5, 0.6) is 0 Å². The predicted octanol–water partition coefficient (Wildman–Crippen LogP) is 0.232. The summed E-state index contributed by atoms with van der Waals surface area (Å²) in [6.07, 6.45) is 1.19. The highest BCUT2D eigenvalue weighted by Crippen LogP contribution is 2.11. The minimum atomic E-state index is 0.440. The first-order valence-electron chi connectivity index (χ1n) is 2.90. The highest BCUT2D eigenvalue weighted by atomic mass is 32.1. The summed E-state index contributed by atoms with van der Waals surface area (Å²) in [7, 11) is 0. The minimum Gasteiger partial charge on any atom is -0.383 e. The van der Waals surface area contributed by atoms with Gasteiger partial charge in [-0.25, -0.2) is 4.98 Å². The Morgan fingerprint density at radius 1 is 1.91 bits per heavy atom. The van der Waals surface area contributed by atoms with Gasteiger partial charge in [-0.2, -0.15) is 0 Å². The number of thiazole rings is 1. The number of nitrogens with zero attached hydrogens (tertiary/aromatic N) is 2. The molecule has 0 radical (unpaired) electrons. The van der Waals surface area contributed by atoms with E-state index < -0.39 is 0 Å². The number of anilines is 1. The van der Waals surface area contributed by atoms with Crippen molar-refractivity contribution in [2.45, 2.75) is 6.54 Å². The zero-order valence-electron chi connectivity index (χ0n) is 5.69. The Kier molecular flexibility index (Phi) is 2.82. The normalized spacial score (nSPS) is 10.6. The molecule has 6 heteroatoms. The predicted molar refractivity (Wildman–Crippen MR) is 43.6 cm³/mol. The average molecular weight is 172 g/mol. The monoisotopic (exact) mass is 172 g/mol. The lowest BCUT2D eigenvalue weighted by molar-refractivity contribution is 0.239. The maximum absolute atomic E-state index is 8.11. The molecule has 0 bridgehead atoms. The zero-order valence-corrected chi connectivity index (χ0v) is 6.51. The van der Waals surface area contributed by atoms with Gasteiger partial charge in [0, 0.05) is 5.38 Å². The van der Waals surface area contributed by atoms with Crippen LogP contribution in [0.4, 0.5) is 5.82 Å². The summed E-state index contributed by atoms with van der Waals surface area (Å²) >= 11 is 1.44. The zero-order chi connectivity index (χ0) is 8.10. The molecule has 0 aliphatic heterocycles. The third-order valence-electron chi connectivity index (χ3n) is 0.945. The van der Waals surface area contributed by atoms with Crippen molar-refractivity contribution in [2.75, 3.05) is 5.73 Å². The van der Waals surface area contributed by atoms with Gasteiger partial charge in [0.05, 0.1) is 6.54 Å². The second-order valence-electron chi connectivity index (χ2n) is 1.76. The Balaban J connectivity index is 2.45. The number of hydrogen-bond donors (Lipinski definition) is 3. The van der Waals surface area contributed by atoms with Gasteiger partial charge in [-0.05, 0) is 0 Å². The lowest BCUT2D eigenvalue weighted by Crippen LogP contribution is -2.01. The van der Waals surface area contributed by atoms with E-state index in [4.69, 9.17) is 10.9 Å². The second-order valence-corrected chi connectivity index (χ2v) is 2.71. The molecule has 1 rings (SSSR count). The number of hydroxylamine groups is 1. The van der Waals surface area contributed by atoms with Crippen LogP contribution in [0.3, 0.4) is 0 Å². The van der Waals surface area contributed by atoms with Crippen LogP contribution in [0.15, 0.2) is 10.4 Å². The highest BCUT2D eigenvalue weighted by Gasteiger charge is 1.94. The first-order valence-corrected chi connectivity index (χ1v) is 3.78. The molecule has 0 spiro atoms. The van der Waals surface area contributed by atoms with Crippen LogP contribution in [-0.2, 0) is 6.54 Å². The molecular formula is C5H8N4OS. The molecule has 0 aromatic carbocycles. The summed E-state index contributed by atoms with van der Waals surface area (Å²) in [6.45, 7) is 0.440. The third kappa shape index (κ3) is 2.52. The minimum absolute atomic E-state index is 0.440. The van der Waals surface area contributed by atoms with Crippen molar-refractivity contribution >= 4 is 23.5 Å². The van der Waals surface area contributed by atoms with Gasteiger partial charge >= 0.3 is 0 Å². The standard InChI is InChI=1S/C5H8N4OS/c6-4-2-11-5(9-4)1-7-3-8-10/h2-3,10H,1,6H2,(H,7,8). The van der Waals surface area contributed by atoms with Crippen LogP contribution in [0.1, 0.15) is 5.01 Å². The van der Waals surface area contributed by atoms with Crippen LogP contribution in [0, 0.1) is 0 Å². The molecular weight excluding hydrogens is 164 g/mol. The maximum atomic E-state index is 8.11. The summed E-state index contributed by atoms with van der Waals surface area (Å²) < 4.78 is 0. The van der Waals surface area contributed by atoms with Crippen molar-refractivity contribution < 1.29 is 5.21 Å². The van der Waals surface area contributed by atoms with Gasteiger partial charge in [-0.3, -0.25) is 15.7 Å². The smallest absolute Gasteiger partial charge is 0.134 e. The number of nitrogens with two attached hydrogens (primary N) is 1. The van der Waals surface area contributed by atoms with Crippen LogP contribution in [0.25, 0.3) is 0 Å². The summed E-state index contributed by atoms with van der Waals surface area (Å²) in [6, 6.07) is 0. The first-order chi connectivity index (χ1) is 5.33. The number of aromatic nitrogens is 1. The van der Waals surface area contributed by atoms with E-state index in [0.717, 1.165) is 5.01 Å². The average Bonchev–Trinajstić information content (AvgIpc) is 2.37. The summed E-state index contributed by atoms with van der Waals surface area (Å²) in [5.74, 6) is 0.511. The summed E-state index contributed by atoms with van der Waals surface area (Å²) in [5, 5.41) is 10.7. The molecule has 11 heavy (non-hydrogen) atoms. The number of nitrogen functional groups attached to an aromatic ring is 1. The van der Waals surface area contributed by atoms with Crippen LogP contribution in [0.2, 0.25) is 0 Å². The van der Waals surface area contributed by atoms with Crippen molar-refractivity contribution in [3.63, 3.8) is 0 Å². The summed E-state index contributed by atoms with van der Waals surface area (Å²) in [5.41, 5.74) is 7.16. The van der Waals surface area contributed by atoms with Crippen molar-refractivity contribution in [1.82, 2.24) is 10.5 Å². The fraction of sp³-hybridized carbons (Fsp3) is 0.200. The van der Waals surface area contributed by atoms with E-state index in [2.05, 4.69) is 9.98 Å². The topological polar surface area (TPSA) is 83.5 Å². The van der Waals surface area contributed by atoms with E-state index in [1.807, 2.05) is 0 Å². The Labute approximate surface area is 67.6 Å². The number of aliphatic imine (C=N–C) groups is 1. The van der Waals surface area contributed by atoms with Gasteiger partial charge in [-0.1, -0.05) is 0 Å². The SMILES string of the molecule is Nc1csc(CN=CNO)n1. The molecule has 0 atom stereocenters. The molecule has 0 unspecified atom stereocenters. The maximum Gasteiger partial charge on any atom is 0.134 e. The Morgan fingerprint density at radius 2 is 2.73 bits per heavy atom. The van der Waals surface area contributed by atoms with Gasteiger partial charge in [0.25, 0.3) is 0 Å². The molecule has 0 fully saturated rings. The molecule has 0 aliphatic rings. The van der Waals surface area contributed by atoms with Crippen molar-refractivity contribution in [3.05, 3.63) is 10.4 Å². The van der Waals surface area contributed by atoms with Crippen molar-refractivity contribution in [3.8, 4) is 0 Å². The molecule has 0 saturated heterocycles. The van der Waals surface area contributed by atoms with Crippen LogP contribution < -0.4 is 11.2 Å². The lowest BCUT2D eigenvalue weighted by atomic mass is 10.7. The lowest BCUT2D eigenvalue weighted by Gasteiger charge is -1.86. The van der Waals surface area contributed by atoms with Crippen LogP contribution in [-0.4, -0.2) is 16.5 Å². The van der Waals surface area contributed by atoms with E-state index in [-0.39, 0.29) is 0 Å². The quantitative estimate of drug-likeness (QED) is 0.346. The molecule has 0 aliphatic carbocycles. The number of hydrogen-bond acceptors (Lipinski definition) is 5. The molecule has 5 nitrogen and oxygen atoms in total. The van der Waals surface area contributed by atoms with E-state index >= 15 is 0 Å². The summed E-state index contributed by atoms with van der Waals surface area (Å²) in [4.78, 5) is 7.74. The number of rotatable bonds is 3. The molecule has 60 valence electrons. The Hall–Kier alpha value is -1.14. The van der Waals surface area contributed by atoms with E-state index in [1.165, 1.54) is 17.7 Å². The number of nitrogens with one attached hydrogen (secondary N) is 1. The highest BCUT2D eigenvalue weighted by molar-refractivity contribution is 7.10. The molecule has 4 N–H and O–H groups in total. The Morgan fingerprint density at radius 3 is 3.27 bits per heavy atom. The van der Waals surface area contributed by atoms with Gasteiger partial charge in [-0.15, -0.1) is 11.3 Å². The van der Waals surface area contributed by atoms with Crippen molar-refractivity contribution in [2.24, 2.45) is 4.99 Å². The second kappa shape index (κ2) is 3.89. The molecule has 1 heterocycles. The van der Waals surface area contributed by atoms with Crippen molar-refractivity contribution in [1.29, 1.82) is 0 Å². The molecule has 1 aromatic heterocycles. The van der Waals surface area contributed by atoms with Gasteiger partial charge in [0.1, 0.15) is 17.2 Å². The van der Waals surface area contributed by atoms with E-state index in [9.17, 15) is 0 Å². The van der Waals surface area contributed by atoms with Crippen LogP contribution >= 0.6 is 11.3 Å². The van der Waals surface area contributed by atoms with Gasteiger partial charge in [0.2, 0.25) is 0 Å².